The van der Waals surface area contributed by atoms with Crippen LogP contribution < -0.4 is 0 Å². The van der Waals surface area contributed by atoms with Gasteiger partial charge in [0.2, 0.25) is 0 Å². The molecule has 0 unspecified atom stereocenters. The number of rotatable bonds is 1. The fourth-order valence-corrected chi connectivity index (χ4v) is 0.342. The zero-order valence-electron chi connectivity index (χ0n) is 7.01. The van der Waals surface area contributed by atoms with Crippen molar-refractivity contribution in [2.75, 3.05) is 0 Å². The molecule has 0 fully saturated rings. The van der Waals surface area contributed by atoms with Gasteiger partial charge in [-0.15, -0.1) is 0 Å². The van der Waals surface area contributed by atoms with E-state index in [0.29, 0.717) is 0 Å². The number of benzene rings is 1. The van der Waals surface area contributed by atoms with Gasteiger partial charge in [-0.2, -0.15) is 42.8 Å². The molecule has 0 atom stereocenters. The van der Waals surface area contributed by atoms with Crippen molar-refractivity contribution in [1.29, 1.82) is 0 Å². The Morgan fingerprint density at radius 3 is 1.73 bits per heavy atom. The van der Waals surface area contributed by atoms with Crippen molar-refractivity contribution < 1.29 is 31.1 Å². The van der Waals surface area contributed by atoms with Crippen molar-refractivity contribution in [1.82, 2.24) is 0 Å². The summed E-state index contributed by atoms with van der Waals surface area (Å²) >= 11 is 0. The molecule has 58 valence electrons. The van der Waals surface area contributed by atoms with Gasteiger partial charge in [0.1, 0.15) is 0 Å². The van der Waals surface area contributed by atoms with Crippen LogP contribution in [0.15, 0.2) is 30.3 Å². The average Bonchev–Trinajstić information content (AvgIpc) is 2.08. The first-order valence-corrected chi connectivity index (χ1v) is 3.62. The predicted octanol–water partition coefficient (Wildman–Crippen LogP) is 3.11. The minimum Gasteiger partial charge on any atom is -0.343 e. The van der Waals surface area contributed by atoms with E-state index in [-0.39, 0.29) is 31.1 Å². The molecule has 0 bridgehead atoms. The molecule has 0 aliphatic rings. The monoisotopic (exact) mass is 372 g/mol. The second-order valence-corrected chi connectivity index (χ2v) is 1.93. The summed E-state index contributed by atoms with van der Waals surface area (Å²) < 4.78 is 0. The van der Waals surface area contributed by atoms with Crippen LogP contribution in [-0.4, -0.2) is 0 Å². The van der Waals surface area contributed by atoms with Crippen LogP contribution in [0.5, 0.6) is 0 Å². The summed E-state index contributed by atoms with van der Waals surface area (Å²) in [5, 5.41) is 0. The first-order chi connectivity index (χ1) is 4.91. The second kappa shape index (κ2) is 12.9. The average molecular weight is 372 g/mol. The van der Waals surface area contributed by atoms with E-state index in [1.54, 1.807) is 0 Å². The number of hydrogen-bond donors (Lipinski definition) is 0. The molecule has 0 N–H and O–H groups in total. The fraction of sp³-hybridized carbons (Fsp3) is 0.300. The molecule has 11 heavy (non-hydrogen) atoms. The maximum absolute atomic E-state index is 3.60. The third-order valence-corrected chi connectivity index (χ3v) is 0.961. The van der Waals surface area contributed by atoms with Crippen LogP contribution in [-0.2, 0) is 0 Å². The molecule has 0 amide bonds. The molecular weight excluding hydrogens is 358 g/mol. The third-order valence-electron chi connectivity index (χ3n) is 0.961. The van der Waals surface area contributed by atoms with E-state index in [1.165, 1.54) is 6.42 Å². The largest absolute Gasteiger partial charge is 2.00 e. The van der Waals surface area contributed by atoms with Crippen LogP contribution in [0.3, 0.4) is 0 Å². The van der Waals surface area contributed by atoms with Crippen LogP contribution >= 0.6 is 0 Å². The molecule has 0 radical (unpaired) electrons. The number of unbranched alkanes of at least 4 members (excludes halogenated alkanes) is 1. The first-order valence-electron chi connectivity index (χ1n) is 3.62. The van der Waals surface area contributed by atoms with Crippen molar-refractivity contribution in [2.45, 2.75) is 19.8 Å². The van der Waals surface area contributed by atoms with Gasteiger partial charge in [-0.3, -0.25) is 0 Å². The Balaban J connectivity index is 0. The summed E-state index contributed by atoms with van der Waals surface area (Å²) in [7, 11) is 0. The van der Waals surface area contributed by atoms with Crippen LogP contribution in [0.2, 0.25) is 0 Å². The summed E-state index contributed by atoms with van der Waals surface area (Å²) in [6.07, 6.45) is 2.28. The summed E-state index contributed by atoms with van der Waals surface area (Å²) in [5.41, 5.74) is 0. The molecular formula is C10H14U. The maximum Gasteiger partial charge on any atom is 2.00 e. The minimum absolute atomic E-state index is 0. The molecule has 1 rings (SSSR count). The van der Waals surface area contributed by atoms with Crippen molar-refractivity contribution in [2.24, 2.45) is 0 Å². The molecule has 0 saturated carbocycles. The molecule has 0 aromatic heterocycles. The summed E-state index contributed by atoms with van der Waals surface area (Å²) in [6, 6.07) is 12.5. The van der Waals surface area contributed by atoms with Crippen LogP contribution in [0.4, 0.5) is 0 Å². The Kier molecular flexibility index (Phi) is 16.2. The Morgan fingerprint density at radius 1 is 1.18 bits per heavy atom. The van der Waals surface area contributed by atoms with Gasteiger partial charge in [-0.05, 0) is 0 Å². The maximum atomic E-state index is 3.60. The summed E-state index contributed by atoms with van der Waals surface area (Å²) in [4.78, 5) is 0. The fourth-order valence-electron chi connectivity index (χ4n) is 0.342. The minimum atomic E-state index is 0. The smallest absolute Gasteiger partial charge is 0.343 e. The summed E-state index contributed by atoms with van der Waals surface area (Å²) in [5.74, 6) is 0. The molecule has 0 nitrogen and oxygen atoms in total. The molecule has 0 spiro atoms. The Hall–Kier alpha value is 0.272. The van der Waals surface area contributed by atoms with Gasteiger partial charge in [-0.25, -0.2) is 0 Å². The Labute approximate surface area is 93.8 Å². The van der Waals surface area contributed by atoms with E-state index < -0.39 is 0 Å². The zero-order chi connectivity index (χ0) is 7.66. The van der Waals surface area contributed by atoms with Crippen LogP contribution in [0.1, 0.15) is 19.8 Å². The Morgan fingerprint density at radius 2 is 1.64 bits per heavy atom. The van der Waals surface area contributed by atoms with Crippen molar-refractivity contribution in [3.05, 3.63) is 43.3 Å². The number of hydrogen-bond acceptors (Lipinski definition) is 0. The van der Waals surface area contributed by atoms with E-state index in [4.69, 9.17) is 0 Å². The SMILES string of the molecule is [CH2-]CCC.[U+2].[c-]1ccccc1. The molecule has 1 aromatic carbocycles. The third kappa shape index (κ3) is 13.3. The van der Waals surface area contributed by atoms with Crippen molar-refractivity contribution in [3.63, 3.8) is 0 Å². The molecule has 1 aromatic rings. The van der Waals surface area contributed by atoms with Gasteiger partial charge in [-0.1, -0.05) is 13.3 Å². The van der Waals surface area contributed by atoms with E-state index in [9.17, 15) is 0 Å². The van der Waals surface area contributed by atoms with E-state index >= 15 is 0 Å². The molecule has 0 saturated heterocycles. The van der Waals surface area contributed by atoms with E-state index in [1.807, 2.05) is 30.3 Å². The predicted molar refractivity (Wildman–Crippen MR) is 45.5 cm³/mol. The van der Waals surface area contributed by atoms with Gasteiger partial charge >= 0.3 is 31.1 Å². The van der Waals surface area contributed by atoms with Gasteiger partial charge in [0, 0.05) is 0 Å². The van der Waals surface area contributed by atoms with E-state index in [0.717, 1.165) is 6.42 Å². The molecule has 0 aliphatic carbocycles. The van der Waals surface area contributed by atoms with Gasteiger partial charge in [0.15, 0.2) is 0 Å². The standard InChI is InChI=1S/C6H5.C4H9.U/c1-2-4-6-5-3-1;1-3-4-2;/h1-5H;1,3-4H2,2H3;/q2*-1;+2. The Bertz CT molecular complexity index is 96.8. The zero-order valence-corrected chi connectivity index (χ0v) is 11.2. The second-order valence-electron chi connectivity index (χ2n) is 1.93. The summed E-state index contributed by atoms with van der Waals surface area (Å²) in [6.45, 7) is 5.72. The topological polar surface area (TPSA) is 0 Å². The van der Waals surface area contributed by atoms with Crippen molar-refractivity contribution >= 4 is 0 Å². The van der Waals surface area contributed by atoms with Crippen LogP contribution in [0, 0.1) is 44.1 Å². The quantitative estimate of drug-likeness (QED) is 0.665. The van der Waals surface area contributed by atoms with Gasteiger partial charge in [0.05, 0.1) is 0 Å². The van der Waals surface area contributed by atoms with Crippen LogP contribution in [0.25, 0.3) is 0 Å². The molecule has 1 heteroatoms. The normalized spacial score (nSPS) is 7.09. The van der Waals surface area contributed by atoms with Crippen molar-refractivity contribution in [3.8, 4) is 0 Å². The first kappa shape index (κ1) is 13.8. The van der Waals surface area contributed by atoms with E-state index in [2.05, 4.69) is 19.9 Å². The molecule has 0 heterocycles. The van der Waals surface area contributed by atoms with Gasteiger partial charge in [0.25, 0.3) is 0 Å². The van der Waals surface area contributed by atoms with Gasteiger partial charge < -0.3 is 6.92 Å². The molecule has 0 aliphatic heterocycles.